The molecule has 2 aromatic carbocycles. The lowest BCUT2D eigenvalue weighted by Gasteiger charge is -1.91. The van der Waals surface area contributed by atoms with Crippen LogP contribution in [0.15, 0.2) is 48.5 Å². The van der Waals surface area contributed by atoms with Crippen LogP contribution in [0.5, 0.6) is 0 Å². The Bertz CT molecular complexity index is 764. The first-order valence-electron chi connectivity index (χ1n) is 7.32. The molecule has 0 radical (unpaired) electrons. The highest BCUT2D eigenvalue weighted by Crippen LogP contribution is 2.08. The molecule has 0 bridgehead atoms. The van der Waals surface area contributed by atoms with Gasteiger partial charge in [-0.05, 0) is 81.6 Å². The molecule has 0 saturated carbocycles. The molecule has 3 nitrogen and oxygen atoms in total. The van der Waals surface area contributed by atoms with E-state index in [0.29, 0.717) is 0 Å². The number of terminal acetylenes is 1. The standard InChI is InChI=1S/C12H10O2.C6H4I2.C3H4O/c13-8-2-6-11-4-1-5-12(10-11)7-3-9-14;7-5-2-1-3-6(8)4-5;1-2-3-4/h1,4-5,10,13-14H,8-9H2;1-4H;1,4H,3H2. The van der Waals surface area contributed by atoms with Crippen molar-refractivity contribution < 1.29 is 15.3 Å². The second-order valence-electron chi connectivity index (χ2n) is 4.30. The fourth-order valence-electron chi connectivity index (χ4n) is 1.42. The minimum Gasteiger partial charge on any atom is -0.384 e. The van der Waals surface area contributed by atoms with Crippen molar-refractivity contribution in [2.45, 2.75) is 0 Å². The Hall–Kier alpha value is -1.54. The zero-order chi connectivity index (χ0) is 19.6. The maximum atomic E-state index is 8.50. The molecular weight excluding hydrogens is 554 g/mol. The third-order valence-electron chi connectivity index (χ3n) is 2.36. The van der Waals surface area contributed by atoms with E-state index < -0.39 is 0 Å². The van der Waals surface area contributed by atoms with Crippen LogP contribution in [0.3, 0.4) is 0 Å². The molecule has 0 atom stereocenters. The molecule has 0 aliphatic rings. The largest absolute Gasteiger partial charge is 0.384 e. The summed E-state index contributed by atoms with van der Waals surface area (Å²) in [6.45, 7) is -0.445. The van der Waals surface area contributed by atoms with Crippen LogP contribution in [0.4, 0.5) is 0 Å². The highest BCUT2D eigenvalue weighted by molar-refractivity contribution is 14.1. The molecule has 0 aromatic heterocycles. The summed E-state index contributed by atoms with van der Waals surface area (Å²) in [7, 11) is 0. The first-order valence-corrected chi connectivity index (χ1v) is 9.48. The normalized spacial score (nSPS) is 8.00. The van der Waals surface area contributed by atoms with Gasteiger partial charge in [0, 0.05) is 18.3 Å². The van der Waals surface area contributed by atoms with Crippen molar-refractivity contribution >= 4 is 45.2 Å². The molecule has 134 valence electrons. The molecule has 0 saturated heterocycles. The van der Waals surface area contributed by atoms with E-state index in [1.165, 1.54) is 7.14 Å². The van der Waals surface area contributed by atoms with Gasteiger partial charge in [0.2, 0.25) is 0 Å². The predicted molar refractivity (Wildman–Crippen MR) is 122 cm³/mol. The second kappa shape index (κ2) is 16.9. The third-order valence-corrected chi connectivity index (χ3v) is 3.71. The molecule has 0 heterocycles. The van der Waals surface area contributed by atoms with Gasteiger partial charge in [-0.15, -0.1) is 6.42 Å². The topological polar surface area (TPSA) is 60.7 Å². The van der Waals surface area contributed by atoms with E-state index >= 15 is 0 Å². The Morgan fingerprint density at radius 1 is 0.731 bits per heavy atom. The van der Waals surface area contributed by atoms with E-state index in [1.54, 1.807) is 0 Å². The van der Waals surface area contributed by atoms with E-state index in [9.17, 15) is 0 Å². The molecule has 0 unspecified atom stereocenters. The maximum Gasteiger partial charge on any atom is 0.104 e. The molecule has 2 rings (SSSR count). The summed E-state index contributed by atoms with van der Waals surface area (Å²) in [6, 6.07) is 15.7. The quantitative estimate of drug-likeness (QED) is 0.337. The summed E-state index contributed by atoms with van der Waals surface area (Å²) >= 11 is 4.60. The van der Waals surface area contributed by atoms with E-state index in [2.05, 4.69) is 99.6 Å². The molecule has 3 N–H and O–H groups in total. The van der Waals surface area contributed by atoms with Crippen LogP contribution < -0.4 is 0 Å². The van der Waals surface area contributed by atoms with E-state index in [1.807, 2.05) is 30.2 Å². The zero-order valence-electron chi connectivity index (χ0n) is 13.9. The number of rotatable bonds is 0. The lowest BCUT2D eigenvalue weighted by Crippen LogP contribution is -1.80. The first-order chi connectivity index (χ1) is 12.6. The lowest BCUT2D eigenvalue weighted by molar-refractivity contribution is 0.350. The fourth-order valence-corrected chi connectivity index (χ4v) is 3.10. The van der Waals surface area contributed by atoms with Gasteiger partial charge in [0.25, 0.3) is 0 Å². The van der Waals surface area contributed by atoms with Crippen LogP contribution in [-0.4, -0.2) is 35.1 Å². The molecule has 0 aliphatic heterocycles. The predicted octanol–water partition coefficient (Wildman–Crippen LogP) is 2.88. The van der Waals surface area contributed by atoms with Crippen LogP contribution in [0.25, 0.3) is 0 Å². The third kappa shape index (κ3) is 13.7. The Kier molecular flexibility index (Phi) is 15.9. The highest BCUT2D eigenvalue weighted by Gasteiger charge is 1.88. The van der Waals surface area contributed by atoms with Gasteiger partial charge in [-0.2, -0.15) is 0 Å². The van der Waals surface area contributed by atoms with Crippen molar-refractivity contribution in [2.24, 2.45) is 0 Å². The number of halogens is 2. The van der Waals surface area contributed by atoms with Gasteiger partial charge in [0.1, 0.15) is 19.8 Å². The van der Waals surface area contributed by atoms with E-state index in [0.717, 1.165) is 11.1 Å². The monoisotopic (exact) mass is 572 g/mol. The van der Waals surface area contributed by atoms with Gasteiger partial charge >= 0.3 is 0 Å². The SMILES string of the molecule is C#CCO.Ic1cccc(I)c1.OCC#Cc1cccc(C#CCO)c1. The van der Waals surface area contributed by atoms with Gasteiger partial charge in [-0.25, -0.2) is 0 Å². The molecule has 5 heteroatoms. The summed E-state index contributed by atoms with van der Waals surface area (Å²) < 4.78 is 2.60. The second-order valence-corrected chi connectivity index (χ2v) is 6.79. The van der Waals surface area contributed by atoms with Gasteiger partial charge in [0.05, 0.1) is 0 Å². The van der Waals surface area contributed by atoms with Crippen LogP contribution >= 0.6 is 45.2 Å². The Morgan fingerprint density at radius 3 is 1.46 bits per heavy atom. The maximum absolute atomic E-state index is 8.50. The summed E-state index contributed by atoms with van der Waals surface area (Å²) in [5.74, 6) is 12.7. The summed E-state index contributed by atoms with van der Waals surface area (Å²) in [5.41, 5.74) is 1.62. The molecule has 26 heavy (non-hydrogen) atoms. The van der Waals surface area contributed by atoms with Gasteiger partial charge in [-0.1, -0.05) is 41.7 Å². The number of aliphatic hydroxyl groups is 3. The van der Waals surface area contributed by atoms with Gasteiger partial charge < -0.3 is 15.3 Å². The fraction of sp³-hybridized carbons (Fsp3) is 0.143. The van der Waals surface area contributed by atoms with Crippen molar-refractivity contribution in [3.63, 3.8) is 0 Å². The van der Waals surface area contributed by atoms with Crippen molar-refractivity contribution in [1.82, 2.24) is 0 Å². The first kappa shape index (κ1) is 24.5. The van der Waals surface area contributed by atoms with Crippen molar-refractivity contribution in [3.8, 4) is 36.0 Å². The number of hydrogen-bond donors (Lipinski definition) is 3. The minimum atomic E-state index is -0.153. The number of hydrogen-bond acceptors (Lipinski definition) is 3. The number of aliphatic hydroxyl groups excluding tert-OH is 3. The molecule has 0 fully saturated rings. The van der Waals surface area contributed by atoms with Crippen LogP contribution in [0, 0.1) is 43.2 Å². The van der Waals surface area contributed by atoms with E-state index in [-0.39, 0.29) is 19.8 Å². The van der Waals surface area contributed by atoms with Crippen LogP contribution in [0.1, 0.15) is 11.1 Å². The van der Waals surface area contributed by atoms with Crippen molar-refractivity contribution in [2.75, 3.05) is 19.8 Å². The highest BCUT2D eigenvalue weighted by atomic mass is 127. The van der Waals surface area contributed by atoms with Crippen LogP contribution in [0.2, 0.25) is 0 Å². The molecule has 0 spiro atoms. The molecule has 2 aromatic rings. The Morgan fingerprint density at radius 2 is 1.15 bits per heavy atom. The smallest absolute Gasteiger partial charge is 0.104 e. The Labute approximate surface area is 182 Å². The van der Waals surface area contributed by atoms with E-state index in [4.69, 9.17) is 15.3 Å². The van der Waals surface area contributed by atoms with Crippen molar-refractivity contribution in [1.29, 1.82) is 0 Å². The van der Waals surface area contributed by atoms with Gasteiger partial charge in [-0.3, -0.25) is 0 Å². The lowest BCUT2D eigenvalue weighted by atomic mass is 10.1. The van der Waals surface area contributed by atoms with Crippen molar-refractivity contribution in [3.05, 3.63) is 66.8 Å². The van der Waals surface area contributed by atoms with Gasteiger partial charge in [0.15, 0.2) is 0 Å². The summed E-state index contributed by atoms with van der Waals surface area (Å²) in [5, 5.41) is 24.6. The molecular formula is C21H18I2O3. The zero-order valence-corrected chi connectivity index (χ0v) is 18.2. The average Bonchev–Trinajstić information content (AvgIpc) is 2.65. The minimum absolute atomic E-state index is 0.146. The summed E-state index contributed by atoms with van der Waals surface area (Å²) in [6.07, 6.45) is 4.53. The Balaban J connectivity index is 0.000000437. The summed E-state index contributed by atoms with van der Waals surface area (Å²) in [4.78, 5) is 0. The average molecular weight is 572 g/mol. The number of benzene rings is 2. The van der Waals surface area contributed by atoms with Crippen LogP contribution in [-0.2, 0) is 0 Å². The molecule has 0 aliphatic carbocycles. The molecule has 0 amide bonds.